The highest BCUT2D eigenvalue weighted by Gasteiger charge is 2.24. The van der Waals surface area contributed by atoms with Gasteiger partial charge in [0.2, 0.25) is 5.91 Å². The Morgan fingerprint density at radius 1 is 1.00 bits per heavy atom. The molecule has 0 radical (unpaired) electrons. The number of hydrogen-bond acceptors (Lipinski definition) is 4. The third kappa shape index (κ3) is 4.94. The molecule has 0 unspecified atom stereocenters. The lowest BCUT2D eigenvalue weighted by Gasteiger charge is -2.36. The number of anilines is 2. The van der Waals surface area contributed by atoms with Crippen LogP contribution in [0.2, 0.25) is 0 Å². The van der Waals surface area contributed by atoms with Gasteiger partial charge in [-0.2, -0.15) is 0 Å². The molecule has 1 saturated heterocycles. The van der Waals surface area contributed by atoms with Crippen molar-refractivity contribution in [1.29, 1.82) is 0 Å². The van der Waals surface area contributed by atoms with Crippen LogP contribution in [0.4, 0.5) is 16.2 Å². The van der Waals surface area contributed by atoms with Crippen molar-refractivity contribution in [2.75, 3.05) is 43.5 Å². The number of nitrogens with zero attached hydrogens (tertiary/aromatic N) is 2. The van der Waals surface area contributed by atoms with Crippen molar-refractivity contribution in [2.45, 2.75) is 13.0 Å². The number of methoxy groups -OCH3 is 1. The zero-order valence-electron chi connectivity index (χ0n) is 16.2. The Balaban J connectivity index is 1.48. The van der Waals surface area contributed by atoms with Gasteiger partial charge in [0.15, 0.2) is 0 Å². The fourth-order valence-electron chi connectivity index (χ4n) is 3.10. The minimum atomic E-state index is -0.647. The third-order valence-electron chi connectivity index (χ3n) is 4.76. The Morgan fingerprint density at radius 2 is 1.71 bits per heavy atom. The quantitative estimate of drug-likeness (QED) is 0.834. The summed E-state index contributed by atoms with van der Waals surface area (Å²) in [6, 6.07) is 16.4. The molecule has 2 aromatic rings. The lowest BCUT2D eigenvalue weighted by atomic mass is 10.2. The first-order valence-electron chi connectivity index (χ1n) is 9.37. The smallest absolute Gasteiger partial charge is 0.318 e. The van der Waals surface area contributed by atoms with E-state index in [1.54, 1.807) is 43.2 Å². The molecule has 0 saturated carbocycles. The maximum Gasteiger partial charge on any atom is 0.318 e. The summed E-state index contributed by atoms with van der Waals surface area (Å²) < 4.78 is 5.15. The molecule has 0 spiro atoms. The summed E-state index contributed by atoms with van der Waals surface area (Å²) in [5.41, 5.74) is 1.79. The second-order valence-electron chi connectivity index (χ2n) is 6.70. The maximum atomic E-state index is 12.5. The number of ether oxygens (including phenoxy) is 1. The minimum absolute atomic E-state index is 0.221. The van der Waals surface area contributed by atoms with Crippen LogP contribution >= 0.6 is 0 Å². The molecule has 0 aromatic heterocycles. The van der Waals surface area contributed by atoms with Gasteiger partial charge in [0.05, 0.1) is 7.11 Å². The van der Waals surface area contributed by atoms with Gasteiger partial charge < -0.3 is 25.2 Å². The molecule has 3 amide bonds. The van der Waals surface area contributed by atoms with E-state index in [-0.39, 0.29) is 11.9 Å². The van der Waals surface area contributed by atoms with Crippen LogP contribution in [0.1, 0.15) is 6.92 Å². The van der Waals surface area contributed by atoms with E-state index in [1.165, 1.54) is 0 Å². The molecule has 1 fully saturated rings. The molecule has 148 valence electrons. The van der Waals surface area contributed by atoms with Gasteiger partial charge in [-0.1, -0.05) is 24.3 Å². The zero-order chi connectivity index (χ0) is 19.9. The Bertz CT molecular complexity index is 804. The Morgan fingerprint density at radius 3 is 2.39 bits per heavy atom. The van der Waals surface area contributed by atoms with Crippen molar-refractivity contribution in [1.82, 2.24) is 10.2 Å². The minimum Gasteiger partial charge on any atom is -0.497 e. The van der Waals surface area contributed by atoms with Crippen molar-refractivity contribution in [3.8, 4) is 5.75 Å². The van der Waals surface area contributed by atoms with Gasteiger partial charge in [-0.3, -0.25) is 4.79 Å². The molecule has 7 nitrogen and oxygen atoms in total. The molecular weight excluding hydrogens is 356 g/mol. The SMILES string of the molecule is COc1cccc(NC(=O)[C@H](C)NC(=O)N2CCN(c3ccccc3)CC2)c1. The van der Waals surface area contributed by atoms with Crippen molar-refractivity contribution >= 4 is 23.3 Å². The normalized spacial score (nSPS) is 14.9. The molecule has 0 aliphatic carbocycles. The van der Waals surface area contributed by atoms with Crippen LogP contribution in [0.25, 0.3) is 0 Å². The summed E-state index contributed by atoms with van der Waals surface area (Å²) in [5.74, 6) is 0.385. The van der Waals surface area contributed by atoms with Crippen molar-refractivity contribution in [2.24, 2.45) is 0 Å². The third-order valence-corrected chi connectivity index (χ3v) is 4.76. The molecule has 3 rings (SSSR count). The van der Waals surface area contributed by atoms with Gasteiger partial charge >= 0.3 is 6.03 Å². The summed E-state index contributed by atoms with van der Waals surface area (Å²) >= 11 is 0. The Hall–Kier alpha value is -3.22. The van der Waals surface area contributed by atoms with Crippen LogP contribution in [0.5, 0.6) is 5.75 Å². The first-order chi connectivity index (χ1) is 13.6. The van der Waals surface area contributed by atoms with Crippen molar-refractivity contribution in [3.63, 3.8) is 0 Å². The molecule has 2 aromatic carbocycles. The van der Waals surface area contributed by atoms with Crippen LogP contribution in [0, 0.1) is 0 Å². The van der Waals surface area contributed by atoms with E-state index < -0.39 is 6.04 Å². The molecule has 0 bridgehead atoms. The molecule has 1 aliphatic rings. The number of carbonyl (C=O) groups excluding carboxylic acids is 2. The van der Waals surface area contributed by atoms with Gasteiger partial charge in [-0.25, -0.2) is 4.79 Å². The van der Waals surface area contributed by atoms with E-state index in [0.717, 1.165) is 18.8 Å². The van der Waals surface area contributed by atoms with Crippen LogP contribution < -0.4 is 20.3 Å². The number of hydrogen-bond donors (Lipinski definition) is 2. The maximum absolute atomic E-state index is 12.5. The lowest BCUT2D eigenvalue weighted by molar-refractivity contribution is -0.117. The highest BCUT2D eigenvalue weighted by Crippen LogP contribution is 2.17. The van der Waals surface area contributed by atoms with E-state index >= 15 is 0 Å². The number of rotatable bonds is 5. The van der Waals surface area contributed by atoms with Crippen LogP contribution in [-0.2, 0) is 4.79 Å². The van der Waals surface area contributed by atoms with E-state index in [0.29, 0.717) is 24.5 Å². The summed E-state index contributed by atoms with van der Waals surface area (Å²) in [6.07, 6.45) is 0. The Labute approximate surface area is 165 Å². The molecule has 1 atom stereocenters. The number of piperazine rings is 1. The molecule has 1 heterocycles. The fourth-order valence-corrected chi connectivity index (χ4v) is 3.10. The molecule has 7 heteroatoms. The van der Waals surface area contributed by atoms with Crippen LogP contribution in [0.3, 0.4) is 0 Å². The highest BCUT2D eigenvalue weighted by molar-refractivity contribution is 5.96. The van der Waals surface area contributed by atoms with E-state index in [2.05, 4.69) is 27.7 Å². The Kier molecular flexibility index (Phi) is 6.37. The number of para-hydroxylation sites is 1. The molecule has 2 N–H and O–H groups in total. The van der Waals surface area contributed by atoms with Gasteiger partial charge in [0, 0.05) is 43.6 Å². The first kappa shape index (κ1) is 19.5. The van der Waals surface area contributed by atoms with Crippen molar-refractivity contribution in [3.05, 3.63) is 54.6 Å². The number of amides is 3. The molecule has 1 aliphatic heterocycles. The van der Waals surface area contributed by atoms with Gasteiger partial charge in [0.1, 0.15) is 11.8 Å². The first-order valence-corrected chi connectivity index (χ1v) is 9.37. The predicted molar refractivity (Wildman–Crippen MR) is 110 cm³/mol. The van der Waals surface area contributed by atoms with E-state index in [1.807, 2.05) is 18.2 Å². The largest absolute Gasteiger partial charge is 0.497 e. The van der Waals surface area contributed by atoms with Crippen molar-refractivity contribution < 1.29 is 14.3 Å². The topological polar surface area (TPSA) is 73.9 Å². The van der Waals surface area contributed by atoms with Gasteiger partial charge in [-0.05, 0) is 31.2 Å². The molecule has 28 heavy (non-hydrogen) atoms. The van der Waals surface area contributed by atoms with E-state index in [9.17, 15) is 9.59 Å². The number of benzene rings is 2. The average molecular weight is 382 g/mol. The predicted octanol–water partition coefficient (Wildman–Crippen LogP) is 2.55. The lowest BCUT2D eigenvalue weighted by Crippen LogP contribution is -2.54. The summed E-state index contributed by atoms with van der Waals surface area (Å²) in [6.45, 7) is 4.44. The number of carbonyl (C=O) groups is 2. The van der Waals surface area contributed by atoms with Crippen LogP contribution in [0.15, 0.2) is 54.6 Å². The number of urea groups is 1. The monoisotopic (exact) mass is 382 g/mol. The standard InChI is InChI=1S/C21H26N4O3/c1-16(20(26)23-17-7-6-10-19(15-17)28-2)22-21(27)25-13-11-24(12-14-25)18-8-4-3-5-9-18/h3-10,15-16H,11-14H2,1-2H3,(H,22,27)(H,23,26)/t16-/m0/s1. The average Bonchev–Trinajstić information content (AvgIpc) is 2.74. The molecular formula is C21H26N4O3. The highest BCUT2D eigenvalue weighted by atomic mass is 16.5. The second-order valence-corrected chi connectivity index (χ2v) is 6.70. The van der Waals surface area contributed by atoms with E-state index in [4.69, 9.17) is 4.74 Å². The second kappa shape index (κ2) is 9.12. The summed E-state index contributed by atoms with van der Waals surface area (Å²) in [7, 11) is 1.57. The summed E-state index contributed by atoms with van der Waals surface area (Å²) in [4.78, 5) is 28.9. The van der Waals surface area contributed by atoms with Gasteiger partial charge in [0.25, 0.3) is 0 Å². The van der Waals surface area contributed by atoms with Gasteiger partial charge in [-0.15, -0.1) is 0 Å². The summed E-state index contributed by atoms with van der Waals surface area (Å²) in [5, 5.41) is 5.57. The number of nitrogens with one attached hydrogen (secondary N) is 2. The fraction of sp³-hybridized carbons (Fsp3) is 0.333. The van der Waals surface area contributed by atoms with Crippen LogP contribution in [-0.4, -0.2) is 56.2 Å². The zero-order valence-corrected chi connectivity index (χ0v) is 16.2.